The summed E-state index contributed by atoms with van der Waals surface area (Å²) >= 11 is 0. The Balaban J connectivity index is 1.94. The van der Waals surface area contributed by atoms with Gasteiger partial charge in [-0.15, -0.1) is 0 Å². The zero-order chi connectivity index (χ0) is 12.8. The predicted molar refractivity (Wildman–Crippen MR) is 72.7 cm³/mol. The summed E-state index contributed by atoms with van der Waals surface area (Å²) in [5.41, 5.74) is 7.47. The lowest BCUT2D eigenvalue weighted by molar-refractivity contribution is 0.0618. The fourth-order valence-electron chi connectivity index (χ4n) is 2.48. The van der Waals surface area contributed by atoms with Crippen LogP contribution in [0.15, 0.2) is 24.3 Å². The molecule has 1 aliphatic heterocycles. The fraction of sp³-hybridized carbons (Fsp3) is 0.600. The van der Waals surface area contributed by atoms with Gasteiger partial charge in [0.2, 0.25) is 0 Å². The molecule has 0 aliphatic carbocycles. The van der Waals surface area contributed by atoms with Crippen molar-refractivity contribution < 1.29 is 9.47 Å². The number of benzene rings is 1. The quantitative estimate of drug-likeness (QED) is 0.872. The first-order chi connectivity index (χ1) is 8.79. The maximum absolute atomic E-state index is 6.29. The van der Waals surface area contributed by atoms with E-state index in [1.54, 1.807) is 0 Å². The van der Waals surface area contributed by atoms with Gasteiger partial charge in [0.1, 0.15) is 5.75 Å². The van der Waals surface area contributed by atoms with Crippen molar-refractivity contribution in [2.24, 2.45) is 11.7 Å². The van der Waals surface area contributed by atoms with E-state index in [2.05, 4.69) is 12.1 Å². The third-order valence-electron chi connectivity index (χ3n) is 3.53. The van der Waals surface area contributed by atoms with Crippen molar-refractivity contribution in [2.75, 3.05) is 19.8 Å². The summed E-state index contributed by atoms with van der Waals surface area (Å²) in [5.74, 6) is 1.61. The molecule has 1 saturated heterocycles. The number of hydrogen-bond acceptors (Lipinski definition) is 3. The van der Waals surface area contributed by atoms with Crippen molar-refractivity contribution in [1.29, 1.82) is 0 Å². The Labute approximate surface area is 109 Å². The molecule has 0 amide bonds. The number of rotatable bonds is 5. The van der Waals surface area contributed by atoms with Crippen LogP contribution in [0.4, 0.5) is 0 Å². The lowest BCUT2D eigenvalue weighted by Gasteiger charge is -2.25. The van der Waals surface area contributed by atoms with Gasteiger partial charge >= 0.3 is 0 Å². The van der Waals surface area contributed by atoms with E-state index < -0.39 is 0 Å². The molecular formula is C15H23NO2. The molecule has 1 aromatic carbocycles. The summed E-state index contributed by atoms with van der Waals surface area (Å²) in [6.45, 7) is 4.46. The van der Waals surface area contributed by atoms with E-state index >= 15 is 0 Å². The van der Waals surface area contributed by atoms with Crippen LogP contribution in [0.25, 0.3) is 0 Å². The zero-order valence-corrected chi connectivity index (χ0v) is 11.1. The number of nitrogens with two attached hydrogens (primary N) is 1. The average molecular weight is 249 g/mol. The van der Waals surface area contributed by atoms with Crippen molar-refractivity contribution in [3.05, 3.63) is 29.8 Å². The molecule has 3 nitrogen and oxygen atoms in total. The van der Waals surface area contributed by atoms with E-state index in [1.807, 2.05) is 19.1 Å². The second-order valence-corrected chi connectivity index (χ2v) is 4.90. The summed E-state index contributed by atoms with van der Waals surface area (Å²) in [7, 11) is 0. The van der Waals surface area contributed by atoms with Gasteiger partial charge in [0.25, 0.3) is 0 Å². The van der Waals surface area contributed by atoms with Crippen molar-refractivity contribution in [2.45, 2.75) is 32.2 Å². The van der Waals surface area contributed by atoms with Crippen LogP contribution in [0.1, 0.15) is 37.8 Å². The van der Waals surface area contributed by atoms with Crippen LogP contribution in [0, 0.1) is 5.92 Å². The van der Waals surface area contributed by atoms with Crippen LogP contribution in [-0.4, -0.2) is 19.8 Å². The van der Waals surface area contributed by atoms with Crippen LogP contribution in [0.2, 0.25) is 0 Å². The Morgan fingerprint density at radius 1 is 1.39 bits per heavy atom. The molecule has 2 rings (SSSR count). The number of ether oxygens (including phenoxy) is 2. The summed E-state index contributed by atoms with van der Waals surface area (Å²) in [5, 5.41) is 0. The van der Waals surface area contributed by atoms with E-state index in [9.17, 15) is 0 Å². The third-order valence-corrected chi connectivity index (χ3v) is 3.53. The standard InChI is InChI=1S/C15H23NO2/c1-2-18-14-5-3-4-13(11-14)15(16)10-12-6-8-17-9-7-12/h3-5,11-12,15H,2,6-10,16H2,1H3. The molecule has 100 valence electrons. The minimum atomic E-state index is 0.105. The van der Waals surface area contributed by atoms with Crippen LogP contribution in [0.5, 0.6) is 5.75 Å². The van der Waals surface area contributed by atoms with Gasteiger partial charge in [0.15, 0.2) is 0 Å². The van der Waals surface area contributed by atoms with Gasteiger partial charge in [0.05, 0.1) is 6.61 Å². The van der Waals surface area contributed by atoms with Crippen molar-refractivity contribution in [3.63, 3.8) is 0 Å². The Kier molecular flexibility index (Phi) is 5.02. The highest BCUT2D eigenvalue weighted by Crippen LogP contribution is 2.27. The molecule has 1 aliphatic rings. The topological polar surface area (TPSA) is 44.5 Å². The summed E-state index contributed by atoms with van der Waals surface area (Å²) in [4.78, 5) is 0. The van der Waals surface area contributed by atoms with Crippen LogP contribution >= 0.6 is 0 Å². The first-order valence-electron chi connectivity index (χ1n) is 6.85. The van der Waals surface area contributed by atoms with Gasteiger partial charge in [-0.2, -0.15) is 0 Å². The lowest BCUT2D eigenvalue weighted by atomic mass is 9.90. The van der Waals surface area contributed by atoms with Crippen molar-refractivity contribution in [1.82, 2.24) is 0 Å². The Hall–Kier alpha value is -1.06. The van der Waals surface area contributed by atoms with Crippen molar-refractivity contribution in [3.8, 4) is 5.75 Å². The monoisotopic (exact) mass is 249 g/mol. The first kappa shape index (κ1) is 13.4. The second kappa shape index (κ2) is 6.76. The van der Waals surface area contributed by atoms with Crippen molar-refractivity contribution >= 4 is 0 Å². The molecule has 3 heteroatoms. The molecule has 1 aromatic rings. The molecule has 1 fully saturated rings. The van der Waals surface area contributed by atoms with Crippen LogP contribution in [-0.2, 0) is 4.74 Å². The first-order valence-corrected chi connectivity index (χ1v) is 6.85. The SMILES string of the molecule is CCOc1cccc(C(N)CC2CCOCC2)c1. The molecule has 0 bridgehead atoms. The fourth-order valence-corrected chi connectivity index (χ4v) is 2.48. The summed E-state index contributed by atoms with van der Waals surface area (Å²) < 4.78 is 10.9. The van der Waals surface area contributed by atoms with Gasteiger partial charge in [-0.1, -0.05) is 12.1 Å². The summed E-state index contributed by atoms with van der Waals surface area (Å²) in [6.07, 6.45) is 3.32. The minimum Gasteiger partial charge on any atom is -0.494 e. The van der Waals surface area contributed by atoms with Gasteiger partial charge in [-0.05, 0) is 49.8 Å². The molecule has 1 unspecified atom stereocenters. The van der Waals surface area contributed by atoms with E-state index in [1.165, 1.54) is 5.56 Å². The van der Waals surface area contributed by atoms with E-state index in [0.717, 1.165) is 38.2 Å². The molecule has 0 aromatic heterocycles. The Morgan fingerprint density at radius 3 is 2.89 bits per heavy atom. The normalized spacial score (nSPS) is 18.6. The molecule has 0 saturated carbocycles. The van der Waals surface area contributed by atoms with Gasteiger partial charge in [-0.25, -0.2) is 0 Å². The molecule has 0 radical (unpaired) electrons. The molecule has 0 spiro atoms. The smallest absolute Gasteiger partial charge is 0.119 e. The predicted octanol–water partition coefficient (Wildman–Crippen LogP) is 2.90. The average Bonchev–Trinajstić information content (AvgIpc) is 2.40. The Bertz CT molecular complexity index is 361. The second-order valence-electron chi connectivity index (χ2n) is 4.90. The lowest BCUT2D eigenvalue weighted by Crippen LogP contribution is -2.21. The largest absolute Gasteiger partial charge is 0.494 e. The maximum atomic E-state index is 6.29. The summed E-state index contributed by atoms with van der Waals surface area (Å²) in [6, 6.07) is 8.26. The highest BCUT2D eigenvalue weighted by Gasteiger charge is 2.18. The molecule has 1 heterocycles. The number of hydrogen-bond donors (Lipinski definition) is 1. The van der Waals surface area contributed by atoms with E-state index in [0.29, 0.717) is 12.5 Å². The maximum Gasteiger partial charge on any atom is 0.119 e. The molecular weight excluding hydrogens is 226 g/mol. The molecule has 18 heavy (non-hydrogen) atoms. The van der Waals surface area contributed by atoms with Crippen LogP contribution in [0.3, 0.4) is 0 Å². The highest BCUT2D eigenvalue weighted by atomic mass is 16.5. The van der Waals surface area contributed by atoms with Crippen LogP contribution < -0.4 is 10.5 Å². The minimum absolute atomic E-state index is 0.105. The van der Waals surface area contributed by atoms with E-state index in [-0.39, 0.29) is 6.04 Å². The van der Waals surface area contributed by atoms with Gasteiger partial charge < -0.3 is 15.2 Å². The molecule has 1 atom stereocenters. The third kappa shape index (κ3) is 3.72. The van der Waals surface area contributed by atoms with Gasteiger partial charge in [-0.3, -0.25) is 0 Å². The van der Waals surface area contributed by atoms with Gasteiger partial charge in [0, 0.05) is 19.3 Å². The molecule has 2 N–H and O–H groups in total. The zero-order valence-electron chi connectivity index (χ0n) is 11.1. The highest BCUT2D eigenvalue weighted by molar-refractivity contribution is 5.30. The van der Waals surface area contributed by atoms with E-state index in [4.69, 9.17) is 15.2 Å². The Morgan fingerprint density at radius 2 is 2.17 bits per heavy atom.